The van der Waals surface area contributed by atoms with Crippen molar-refractivity contribution >= 4 is 22.7 Å². The fourth-order valence-corrected chi connectivity index (χ4v) is 2.10. The molecule has 21 heavy (non-hydrogen) atoms. The fourth-order valence-electron chi connectivity index (χ4n) is 1.85. The molecule has 0 amide bonds. The van der Waals surface area contributed by atoms with E-state index in [-0.39, 0.29) is 22.0 Å². The third-order valence-electron chi connectivity index (χ3n) is 2.84. The zero-order valence-corrected chi connectivity index (χ0v) is 11.0. The van der Waals surface area contributed by atoms with Crippen molar-refractivity contribution in [1.29, 1.82) is 0 Å². The van der Waals surface area contributed by atoms with Crippen molar-refractivity contribution in [3.8, 4) is 11.5 Å². The highest BCUT2D eigenvalue weighted by Crippen LogP contribution is 2.33. The molecule has 0 bridgehead atoms. The molecule has 0 radical (unpaired) electrons. The van der Waals surface area contributed by atoms with E-state index in [4.69, 9.17) is 16.0 Å². The van der Waals surface area contributed by atoms with Gasteiger partial charge in [-0.05, 0) is 18.2 Å². The van der Waals surface area contributed by atoms with Crippen molar-refractivity contribution in [3.05, 3.63) is 47.2 Å². The predicted molar refractivity (Wildman–Crippen MR) is 66.8 cm³/mol. The average Bonchev–Trinajstić information content (AvgIpc) is 2.79. The first-order chi connectivity index (χ1) is 9.84. The van der Waals surface area contributed by atoms with Gasteiger partial charge in [0.1, 0.15) is 10.5 Å². The van der Waals surface area contributed by atoms with Gasteiger partial charge in [0.25, 0.3) is 0 Å². The van der Waals surface area contributed by atoms with Crippen LogP contribution in [-0.2, 0) is 6.18 Å². The summed E-state index contributed by atoms with van der Waals surface area (Å²) in [6.45, 7) is 0. The SMILES string of the molecule is O[n+]1ccc(-c2nc3cc(C(F)(F)F)ccc3o2)c(Cl)c1. The minimum atomic E-state index is -4.44. The lowest BCUT2D eigenvalue weighted by Gasteiger charge is -2.04. The molecule has 108 valence electrons. The lowest BCUT2D eigenvalue weighted by atomic mass is 10.2. The second-order valence-corrected chi connectivity index (χ2v) is 4.69. The minimum Gasteiger partial charge on any atom is -0.436 e. The second kappa shape index (κ2) is 4.63. The van der Waals surface area contributed by atoms with E-state index in [1.165, 1.54) is 24.5 Å². The van der Waals surface area contributed by atoms with Gasteiger partial charge >= 0.3 is 6.18 Å². The summed E-state index contributed by atoms with van der Waals surface area (Å²) in [6.07, 6.45) is -1.93. The molecule has 2 aromatic heterocycles. The highest BCUT2D eigenvalue weighted by Gasteiger charge is 2.31. The number of halogens is 4. The summed E-state index contributed by atoms with van der Waals surface area (Å²) in [5, 5.41) is 9.36. The monoisotopic (exact) mass is 315 g/mol. The highest BCUT2D eigenvalue weighted by atomic mass is 35.5. The second-order valence-electron chi connectivity index (χ2n) is 4.29. The minimum absolute atomic E-state index is 0.0786. The maximum Gasteiger partial charge on any atom is 0.416 e. The Bertz CT molecular complexity index is 830. The number of oxazole rings is 1. The number of nitrogens with zero attached hydrogens (tertiary/aromatic N) is 2. The van der Waals surface area contributed by atoms with Crippen LogP contribution in [0.5, 0.6) is 0 Å². The van der Waals surface area contributed by atoms with Gasteiger partial charge in [0.05, 0.1) is 11.1 Å². The van der Waals surface area contributed by atoms with Crippen LogP contribution < -0.4 is 4.73 Å². The number of fused-ring (bicyclic) bond motifs is 1. The Labute approximate surface area is 121 Å². The summed E-state index contributed by atoms with van der Waals surface area (Å²) in [6, 6.07) is 4.48. The Morgan fingerprint density at radius 2 is 2.00 bits per heavy atom. The molecule has 0 aliphatic carbocycles. The molecule has 0 aliphatic heterocycles. The average molecular weight is 316 g/mol. The number of rotatable bonds is 1. The van der Waals surface area contributed by atoms with Crippen LogP contribution in [0.1, 0.15) is 5.56 Å². The molecule has 4 nitrogen and oxygen atoms in total. The van der Waals surface area contributed by atoms with Crippen molar-refractivity contribution < 1.29 is 27.5 Å². The number of benzene rings is 1. The third kappa shape index (κ3) is 2.52. The normalized spacial score (nSPS) is 12.0. The van der Waals surface area contributed by atoms with Crippen LogP contribution in [-0.4, -0.2) is 10.2 Å². The van der Waals surface area contributed by atoms with Gasteiger partial charge in [-0.1, -0.05) is 11.6 Å². The van der Waals surface area contributed by atoms with Crippen molar-refractivity contribution in [2.24, 2.45) is 0 Å². The molecular weight excluding hydrogens is 309 g/mol. The molecule has 1 N–H and O–H groups in total. The largest absolute Gasteiger partial charge is 0.436 e. The molecule has 8 heteroatoms. The Kier molecular flexibility index (Phi) is 3.02. The van der Waals surface area contributed by atoms with Gasteiger partial charge in [-0.3, -0.25) is 5.21 Å². The van der Waals surface area contributed by atoms with Crippen LogP contribution in [0.15, 0.2) is 41.1 Å². The van der Waals surface area contributed by atoms with Crippen LogP contribution in [0.4, 0.5) is 13.2 Å². The van der Waals surface area contributed by atoms with Gasteiger partial charge in [-0.25, -0.2) is 4.98 Å². The van der Waals surface area contributed by atoms with Crippen molar-refractivity contribution in [2.45, 2.75) is 6.18 Å². The molecule has 0 saturated heterocycles. The van der Waals surface area contributed by atoms with E-state index in [0.717, 1.165) is 16.9 Å². The summed E-state index contributed by atoms with van der Waals surface area (Å²) in [5.74, 6) is 0.0786. The molecular formula is C13H7ClF3N2O2+. The van der Waals surface area contributed by atoms with Gasteiger partial charge in [-0.2, -0.15) is 13.2 Å². The van der Waals surface area contributed by atoms with Crippen LogP contribution in [0.25, 0.3) is 22.6 Å². The van der Waals surface area contributed by atoms with E-state index in [2.05, 4.69) is 4.98 Å². The zero-order valence-electron chi connectivity index (χ0n) is 10.2. The van der Waals surface area contributed by atoms with Gasteiger partial charge in [0.2, 0.25) is 18.3 Å². The van der Waals surface area contributed by atoms with E-state index < -0.39 is 11.7 Å². The number of pyridine rings is 1. The lowest BCUT2D eigenvalue weighted by molar-refractivity contribution is -0.904. The Hall–Kier alpha value is -2.28. The summed E-state index contributed by atoms with van der Waals surface area (Å²) in [5.41, 5.74) is -0.139. The predicted octanol–water partition coefficient (Wildman–Crippen LogP) is 3.69. The first-order valence-corrected chi connectivity index (χ1v) is 6.10. The maximum atomic E-state index is 12.6. The molecule has 1 aromatic carbocycles. The van der Waals surface area contributed by atoms with Crippen LogP contribution in [0, 0.1) is 0 Å². The van der Waals surface area contributed by atoms with E-state index in [1.54, 1.807) is 0 Å². The van der Waals surface area contributed by atoms with Gasteiger partial charge < -0.3 is 4.42 Å². The van der Waals surface area contributed by atoms with E-state index in [9.17, 15) is 18.4 Å². The summed E-state index contributed by atoms with van der Waals surface area (Å²) >= 11 is 5.93. The first-order valence-electron chi connectivity index (χ1n) is 5.73. The molecule has 0 atom stereocenters. The summed E-state index contributed by atoms with van der Waals surface area (Å²) in [7, 11) is 0. The van der Waals surface area contributed by atoms with Crippen LogP contribution >= 0.6 is 11.6 Å². The Morgan fingerprint density at radius 1 is 1.24 bits per heavy atom. The molecule has 3 rings (SSSR count). The first kappa shape index (κ1) is 13.7. The van der Waals surface area contributed by atoms with E-state index in [1.807, 2.05) is 0 Å². The number of hydrogen-bond acceptors (Lipinski definition) is 3. The topological polar surface area (TPSA) is 50.1 Å². The highest BCUT2D eigenvalue weighted by molar-refractivity contribution is 6.32. The Morgan fingerprint density at radius 3 is 2.67 bits per heavy atom. The molecule has 3 aromatic rings. The van der Waals surface area contributed by atoms with Crippen molar-refractivity contribution in [1.82, 2.24) is 4.98 Å². The fraction of sp³-hybridized carbons (Fsp3) is 0.0769. The maximum absolute atomic E-state index is 12.6. The number of alkyl halides is 3. The molecule has 0 fully saturated rings. The van der Waals surface area contributed by atoms with Crippen LogP contribution in [0.2, 0.25) is 5.02 Å². The smallest absolute Gasteiger partial charge is 0.416 e. The Balaban J connectivity index is 2.13. The lowest BCUT2D eigenvalue weighted by Crippen LogP contribution is -2.28. The number of aromatic nitrogens is 2. The summed E-state index contributed by atoms with van der Waals surface area (Å²) < 4.78 is 44.1. The third-order valence-corrected chi connectivity index (χ3v) is 3.14. The molecule has 0 unspecified atom stereocenters. The molecule has 0 spiro atoms. The van der Waals surface area contributed by atoms with E-state index in [0.29, 0.717) is 5.56 Å². The van der Waals surface area contributed by atoms with Crippen molar-refractivity contribution in [3.63, 3.8) is 0 Å². The molecule has 2 heterocycles. The standard InChI is InChI=1S/C13H7ClF3N2O2/c14-9-6-19(20)4-3-8(9)12-18-10-5-7(13(15,16)17)1-2-11(10)21-12/h1-6,20H/q+1. The van der Waals surface area contributed by atoms with Crippen molar-refractivity contribution in [2.75, 3.05) is 0 Å². The molecule has 0 saturated carbocycles. The van der Waals surface area contributed by atoms with Gasteiger partial charge in [0.15, 0.2) is 5.58 Å². The number of hydrogen-bond donors (Lipinski definition) is 1. The van der Waals surface area contributed by atoms with E-state index >= 15 is 0 Å². The van der Waals surface area contributed by atoms with Crippen LogP contribution in [0.3, 0.4) is 0 Å². The summed E-state index contributed by atoms with van der Waals surface area (Å²) in [4.78, 5) is 4.01. The van der Waals surface area contributed by atoms with Gasteiger partial charge in [-0.15, -0.1) is 0 Å². The zero-order chi connectivity index (χ0) is 15.2. The van der Waals surface area contributed by atoms with Gasteiger partial charge in [0, 0.05) is 10.8 Å². The quantitative estimate of drug-likeness (QED) is 0.550. The molecule has 0 aliphatic rings.